The summed E-state index contributed by atoms with van der Waals surface area (Å²) in [6, 6.07) is 0. The molecule has 0 aliphatic heterocycles. The first-order chi connectivity index (χ1) is 5.68. The molecule has 0 heterocycles. The predicted octanol–water partition coefficient (Wildman–Crippen LogP) is 0.421. The maximum atomic E-state index is 9.47. The van der Waals surface area contributed by atoms with Crippen molar-refractivity contribution in [3.8, 4) is 0 Å². The van der Waals surface area contributed by atoms with Crippen molar-refractivity contribution >= 4 is 16.3 Å². The van der Waals surface area contributed by atoms with Gasteiger partial charge in [-0.2, -0.15) is 8.42 Å². The smallest absolute Gasteiger partial charge is 0.366 e. The third kappa shape index (κ3) is 783. The van der Waals surface area contributed by atoms with Crippen LogP contribution in [0.1, 0.15) is 20.3 Å². The first-order valence-electron chi connectivity index (χ1n) is 3.30. The van der Waals surface area contributed by atoms with Crippen molar-refractivity contribution in [3.05, 3.63) is 12.7 Å². The van der Waals surface area contributed by atoms with Gasteiger partial charge in [-0.25, -0.2) is 0 Å². The number of primary amides is 1. The van der Waals surface area contributed by atoms with Crippen LogP contribution in [0.2, 0.25) is 0 Å². The van der Waals surface area contributed by atoms with Crippen LogP contribution in [0.5, 0.6) is 0 Å². The Balaban J connectivity index is -0.000000120. The molecule has 4 N–H and O–H groups in total. The standard InChI is InChI=1S/C3H5NO.C3H8.H2O4S/c1-2-3(4)5;1-3-2;1-5(2,3)4/h2H,1H2,(H2,4,5);3H2,1-2H3;(H2,1,2,3,4). The summed E-state index contributed by atoms with van der Waals surface area (Å²) < 4.78 is 31.6. The Morgan fingerprint density at radius 2 is 1.54 bits per heavy atom. The van der Waals surface area contributed by atoms with Crippen LogP contribution in [-0.4, -0.2) is 23.4 Å². The molecule has 0 aliphatic rings. The van der Waals surface area contributed by atoms with E-state index in [1.165, 1.54) is 6.42 Å². The highest BCUT2D eigenvalue weighted by Gasteiger charge is 1.84. The van der Waals surface area contributed by atoms with E-state index in [4.69, 9.17) is 17.5 Å². The summed E-state index contributed by atoms with van der Waals surface area (Å²) in [4.78, 5) is 9.47. The number of hydrogen-bond acceptors (Lipinski definition) is 3. The van der Waals surface area contributed by atoms with E-state index in [9.17, 15) is 4.79 Å². The van der Waals surface area contributed by atoms with Gasteiger partial charge < -0.3 is 5.73 Å². The third-order valence-electron chi connectivity index (χ3n) is 0.201. The molecule has 0 aromatic carbocycles. The zero-order valence-electron chi connectivity index (χ0n) is 7.60. The van der Waals surface area contributed by atoms with Crippen LogP contribution in [0.3, 0.4) is 0 Å². The van der Waals surface area contributed by atoms with E-state index in [1.54, 1.807) is 0 Å². The molecule has 0 unspecified atom stereocenters. The number of carbonyl (C=O) groups is 1. The third-order valence-corrected chi connectivity index (χ3v) is 0.201. The van der Waals surface area contributed by atoms with Crippen molar-refractivity contribution in [2.75, 3.05) is 0 Å². The van der Waals surface area contributed by atoms with Gasteiger partial charge in [-0.15, -0.1) is 0 Å². The summed E-state index contributed by atoms with van der Waals surface area (Å²) in [6.07, 6.45) is 2.31. The van der Waals surface area contributed by atoms with Gasteiger partial charge in [0.1, 0.15) is 0 Å². The molecule has 0 aromatic rings. The Bertz CT molecular complexity index is 213. The Hall–Kier alpha value is -0.920. The summed E-state index contributed by atoms with van der Waals surface area (Å²) in [7, 11) is -4.67. The predicted molar refractivity (Wildman–Crippen MR) is 49.5 cm³/mol. The highest BCUT2D eigenvalue weighted by atomic mass is 32.3. The lowest BCUT2D eigenvalue weighted by molar-refractivity contribution is -0.113. The lowest BCUT2D eigenvalue weighted by Gasteiger charge is -1.68. The fourth-order valence-corrected chi connectivity index (χ4v) is 0. The number of amides is 1. The lowest BCUT2D eigenvalue weighted by atomic mass is 10.6. The first-order valence-corrected chi connectivity index (χ1v) is 4.70. The minimum Gasteiger partial charge on any atom is -0.366 e. The molecular weight excluding hydrogens is 198 g/mol. The van der Waals surface area contributed by atoms with Gasteiger partial charge in [0.05, 0.1) is 0 Å². The van der Waals surface area contributed by atoms with Crippen LogP contribution in [0.25, 0.3) is 0 Å². The van der Waals surface area contributed by atoms with Crippen molar-refractivity contribution in [1.82, 2.24) is 0 Å². The summed E-state index contributed by atoms with van der Waals surface area (Å²) in [5.74, 6) is -0.481. The van der Waals surface area contributed by atoms with E-state index in [-0.39, 0.29) is 0 Å². The van der Waals surface area contributed by atoms with E-state index >= 15 is 0 Å². The van der Waals surface area contributed by atoms with Gasteiger partial charge >= 0.3 is 10.4 Å². The molecule has 13 heavy (non-hydrogen) atoms. The lowest BCUT2D eigenvalue weighted by Crippen LogP contribution is -2.04. The Labute approximate surface area is 78.0 Å². The molecule has 0 saturated heterocycles. The molecular formula is C6H15NO5S. The summed E-state index contributed by atoms with van der Waals surface area (Å²) in [6.45, 7) is 7.34. The maximum Gasteiger partial charge on any atom is 0.394 e. The summed E-state index contributed by atoms with van der Waals surface area (Å²) >= 11 is 0. The monoisotopic (exact) mass is 213 g/mol. The first kappa shape index (κ1) is 18.0. The van der Waals surface area contributed by atoms with E-state index in [1.807, 2.05) is 0 Å². The Morgan fingerprint density at radius 1 is 1.46 bits per heavy atom. The summed E-state index contributed by atoms with van der Waals surface area (Å²) in [5.41, 5.74) is 4.53. The zero-order valence-corrected chi connectivity index (χ0v) is 8.41. The molecule has 7 heteroatoms. The second-order valence-corrected chi connectivity index (χ2v) is 2.66. The average molecular weight is 213 g/mol. The normalized spacial score (nSPS) is 8.31. The van der Waals surface area contributed by atoms with Gasteiger partial charge in [0.2, 0.25) is 5.91 Å². The fraction of sp³-hybridized carbons (Fsp3) is 0.500. The molecule has 0 bridgehead atoms. The number of nitrogens with two attached hydrogens (primary N) is 1. The second-order valence-electron chi connectivity index (χ2n) is 1.76. The van der Waals surface area contributed by atoms with E-state index in [2.05, 4.69) is 26.2 Å². The molecule has 0 aliphatic carbocycles. The van der Waals surface area contributed by atoms with Crippen LogP contribution in [-0.2, 0) is 15.2 Å². The highest BCUT2D eigenvalue weighted by molar-refractivity contribution is 7.79. The van der Waals surface area contributed by atoms with Crippen molar-refractivity contribution in [2.45, 2.75) is 20.3 Å². The molecule has 0 radical (unpaired) electrons. The largest absolute Gasteiger partial charge is 0.394 e. The van der Waals surface area contributed by atoms with Crippen LogP contribution in [0.15, 0.2) is 12.7 Å². The number of carbonyl (C=O) groups excluding carboxylic acids is 1. The van der Waals surface area contributed by atoms with Crippen molar-refractivity contribution in [1.29, 1.82) is 0 Å². The quantitative estimate of drug-likeness (QED) is 0.431. The second kappa shape index (κ2) is 11.1. The van der Waals surface area contributed by atoms with Crippen LogP contribution in [0.4, 0.5) is 0 Å². The molecule has 0 aromatic heterocycles. The fourth-order valence-electron chi connectivity index (χ4n) is 0. The molecule has 6 nitrogen and oxygen atoms in total. The zero-order chi connectivity index (χ0) is 11.5. The molecule has 0 atom stereocenters. The van der Waals surface area contributed by atoms with Crippen molar-refractivity contribution in [3.63, 3.8) is 0 Å². The van der Waals surface area contributed by atoms with Crippen molar-refractivity contribution < 1.29 is 22.3 Å². The Kier molecular flexibility index (Phi) is 15.3. The highest BCUT2D eigenvalue weighted by Crippen LogP contribution is 1.59. The van der Waals surface area contributed by atoms with Gasteiger partial charge in [0, 0.05) is 0 Å². The van der Waals surface area contributed by atoms with Crippen LogP contribution in [0, 0.1) is 0 Å². The number of hydrogen-bond donors (Lipinski definition) is 3. The van der Waals surface area contributed by atoms with Gasteiger partial charge in [0.25, 0.3) is 0 Å². The molecule has 0 rings (SSSR count). The van der Waals surface area contributed by atoms with Gasteiger partial charge in [0.15, 0.2) is 0 Å². The van der Waals surface area contributed by atoms with E-state index in [0.29, 0.717) is 0 Å². The minimum atomic E-state index is -4.67. The molecule has 0 spiro atoms. The van der Waals surface area contributed by atoms with Gasteiger partial charge in [-0.3, -0.25) is 13.9 Å². The molecule has 80 valence electrons. The van der Waals surface area contributed by atoms with Gasteiger partial charge in [-0.05, 0) is 6.08 Å². The van der Waals surface area contributed by atoms with E-state index in [0.717, 1.165) is 6.08 Å². The maximum absolute atomic E-state index is 9.47. The molecule has 1 amide bonds. The topological polar surface area (TPSA) is 118 Å². The molecule has 0 saturated carbocycles. The average Bonchev–Trinajstić information content (AvgIpc) is 1.85. The molecule has 0 fully saturated rings. The van der Waals surface area contributed by atoms with Crippen LogP contribution < -0.4 is 5.73 Å². The minimum absolute atomic E-state index is 0.481. The summed E-state index contributed by atoms with van der Waals surface area (Å²) in [5, 5.41) is 0. The number of rotatable bonds is 1. The van der Waals surface area contributed by atoms with Crippen LogP contribution >= 0.6 is 0 Å². The van der Waals surface area contributed by atoms with Crippen molar-refractivity contribution in [2.24, 2.45) is 5.73 Å². The Morgan fingerprint density at radius 3 is 1.54 bits per heavy atom. The van der Waals surface area contributed by atoms with Gasteiger partial charge in [-0.1, -0.05) is 26.8 Å². The van der Waals surface area contributed by atoms with E-state index < -0.39 is 16.3 Å². The SMILES string of the molecule is C=CC(N)=O.CCC.O=S(=O)(O)O.